The lowest BCUT2D eigenvalue weighted by molar-refractivity contribution is -0.154. The SMILES string of the molecule is C[C@H](Oc1ccc(C#N)cc1)C(=O)OCC(=O)NCc1cccs1. The molecule has 24 heavy (non-hydrogen) atoms. The number of esters is 1. The maximum atomic E-state index is 11.8. The Morgan fingerprint density at radius 3 is 2.67 bits per heavy atom. The number of rotatable bonds is 7. The Kier molecular flexibility index (Phi) is 6.34. The lowest BCUT2D eigenvalue weighted by atomic mass is 10.2. The fourth-order valence-corrected chi connectivity index (χ4v) is 2.41. The third kappa shape index (κ3) is 5.41. The molecular formula is C17H16N2O4S. The molecule has 0 spiro atoms. The van der Waals surface area contributed by atoms with Crippen LogP contribution in [0.15, 0.2) is 41.8 Å². The monoisotopic (exact) mass is 344 g/mol. The number of hydrogen-bond donors (Lipinski definition) is 1. The van der Waals surface area contributed by atoms with Crippen LogP contribution in [0.4, 0.5) is 0 Å². The molecule has 2 rings (SSSR count). The van der Waals surface area contributed by atoms with Crippen molar-refractivity contribution in [3.8, 4) is 11.8 Å². The zero-order chi connectivity index (χ0) is 17.4. The van der Waals surface area contributed by atoms with E-state index in [-0.39, 0.29) is 12.5 Å². The van der Waals surface area contributed by atoms with Gasteiger partial charge in [-0.05, 0) is 42.6 Å². The van der Waals surface area contributed by atoms with Gasteiger partial charge >= 0.3 is 5.97 Å². The average molecular weight is 344 g/mol. The molecule has 0 saturated heterocycles. The van der Waals surface area contributed by atoms with Crippen molar-refractivity contribution in [1.82, 2.24) is 5.32 Å². The molecule has 1 aromatic carbocycles. The van der Waals surface area contributed by atoms with Crippen LogP contribution in [-0.2, 0) is 20.9 Å². The highest BCUT2D eigenvalue weighted by molar-refractivity contribution is 7.09. The Bertz CT molecular complexity index is 720. The van der Waals surface area contributed by atoms with Gasteiger partial charge in [0, 0.05) is 4.88 Å². The van der Waals surface area contributed by atoms with Gasteiger partial charge in [-0.2, -0.15) is 5.26 Å². The van der Waals surface area contributed by atoms with E-state index in [1.807, 2.05) is 23.6 Å². The third-order valence-electron chi connectivity index (χ3n) is 3.01. The number of carbonyl (C=O) groups excluding carboxylic acids is 2. The molecule has 0 aliphatic rings. The summed E-state index contributed by atoms with van der Waals surface area (Å²) in [6.45, 7) is 1.58. The predicted molar refractivity (Wildman–Crippen MR) is 88.4 cm³/mol. The predicted octanol–water partition coefficient (Wildman–Crippen LogP) is 2.25. The smallest absolute Gasteiger partial charge is 0.347 e. The number of benzene rings is 1. The molecule has 0 fully saturated rings. The normalized spacial score (nSPS) is 11.2. The number of thiophene rings is 1. The standard InChI is InChI=1S/C17H16N2O4S/c1-12(23-14-6-4-13(9-18)5-7-14)17(21)22-11-16(20)19-10-15-3-2-8-24-15/h2-8,12H,10-11H2,1H3,(H,19,20)/t12-/m0/s1. The summed E-state index contributed by atoms with van der Waals surface area (Å²) in [6.07, 6.45) is -0.858. The average Bonchev–Trinajstić information content (AvgIpc) is 3.12. The van der Waals surface area contributed by atoms with Gasteiger partial charge in [0.05, 0.1) is 18.2 Å². The van der Waals surface area contributed by atoms with Crippen molar-refractivity contribution in [3.63, 3.8) is 0 Å². The van der Waals surface area contributed by atoms with Crippen LogP contribution in [0.2, 0.25) is 0 Å². The van der Waals surface area contributed by atoms with Crippen molar-refractivity contribution in [2.75, 3.05) is 6.61 Å². The minimum Gasteiger partial charge on any atom is -0.479 e. The zero-order valence-corrected chi connectivity index (χ0v) is 13.8. The van der Waals surface area contributed by atoms with Gasteiger partial charge in [-0.3, -0.25) is 4.79 Å². The Labute approximate surface area is 143 Å². The zero-order valence-electron chi connectivity index (χ0n) is 13.0. The summed E-state index contributed by atoms with van der Waals surface area (Å²) >= 11 is 1.54. The Hall–Kier alpha value is -2.85. The van der Waals surface area contributed by atoms with Crippen LogP contribution in [0.25, 0.3) is 0 Å². The second-order valence-corrected chi connectivity index (χ2v) is 5.89. The van der Waals surface area contributed by atoms with Crippen LogP contribution in [-0.4, -0.2) is 24.6 Å². The molecule has 0 saturated carbocycles. The van der Waals surface area contributed by atoms with Gasteiger partial charge in [0.25, 0.3) is 5.91 Å². The molecule has 1 atom stereocenters. The van der Waals surface area contributed by atoms with Crippen molar-refractivity contribution < 1.29 is 19.1 Å². The summed E-state index contributed by atoms with van der Waals surface area (Å²) in [4.78, 5) is 24.5. The van der Waals surface area contributed by atoms with Gasteiger partial charge in [-0.1, -0.05) is 6.07 Å². The number of nitrogens with zero attached hydrogens (tertiary/aromatic N) is 1. The van der Waals surface area contributed by atoms with Crippen LogP contribution in [0.1, 0.15) is 17.4 Å². The van der Waals surface area contributed by atoms with Crippen molar-refractivity contribution in [3.05, 3.63) is 52.2 Å². The molecule has 6 nitrogen and oxygen atoms in total. The number of ether oxygens (including phenoxy) is 2. The molecule has 1 N–H and O–H groups in total. The highest BCUT2D eigenvalue weighted by atomic mass is 32.1. The van der Waals surface area contributed by atoms with Crippen molar-refractivity contribution in [1.29, 1.82) is 5.26 Å². The molecular weight excluding hydrogens is 328 g/mol. The molecule has 1 aromatic heterocycles. The summed E-state index contributed by atoms with van der Waals surface area (Å²) in [7, 11) is 0. The van der Waals surface area contributed by atoms with Gasteiger partial charge < -0.3 is 14.8 Å². The summed E-state index contributed by atoms with van der Waals surface area (Å²) in [5, 5.41) is 13.3. The van der Waals surface area contributed by atoms with Crippen LogP contribution in [0.5, 0.6) is 5.75 Å². The molecule has 0 unspecified atom stereocenters. The number of amides is 1. The van der Waals surface area contributed by atoms with Gasteiger partial charge in [-0.15, -0.1) is 11.3 Å². The van der Waals surface area contributed by atoms with Crippen LogP contribution < -0.4 is 10.1 Å². The fraction of sp³-hybridized carbons (Fsp3) is 0.235. The molecule has 7 heteroatoms. The fourth-order valence-electron chi connectivity index (χ4n) is 1.76. The number of nitrogens with one attached hydrogen (secondary N) is 1. The highest BCUT2D eigenvalue weighted by Crippen LogP contribution is 2.14. The van der Waals surface area contributed by atoms with Crippen molar-refractivity contribution in [2.24, 2.45) is 0 Å². The molecule has 0 radical (unpaired) electrons. The first-order valence-electron chi connectivity index (χ1n) is 7.21. The summed E-state index contributed by atoms with van der Waals surface area (Å²) < 4.78 is 10.3. The minimum atomic E-state index is -0.858. The largest absolute Gasteiger partial charge is 0.479 e. The van der Waals surface area contributed by atoms with Gasteiger partial charge in [0.15, 0.2) is 12.7 Å². The summed E-state index contributed by atoms with van der Waals surface area (Å²) in [6, 6.07) is 12.2. The van der Waals surface area contributed by atoms with Gasteiger partial charge in [0.1, 0.15) is 5.75 Å². The molecule has 0 aliphatic heterocycles. The van der Waals surface area contributed by atoms with E-state index in [1.54, 1.807) is 24.3 Å². The van der Waals surface area contributed by atoms with Crippen LogP contribution >= 0.6 is 11.3 Å². The first-order valence-corrected chi connectivity index (χ1v) is 8.09. The van der Waals surface area contributed by atoms with E-state index in [2.05, 4.69) is 5.32 Å². The first-order chi connectivity index (χ1) is 11.6. The topological polar surface area (TPSA) is 88.4 Å². The number of nitriles is 1. The molecule has 1 amide bonds. The van der Waals surface area contributed by atoms with E-state index >= 15 is 0 Å². The van der Waals surface area contributed by atoms with Crippen molar-refractivity contribution >= 4 is 23.2 Å². The van der Waals surface area contributed by atoms with Crippen molar-refractivity contribution in [2.45, 2.75) is 19.6 Å². The van der Waals surface area contributed by atoms with Crippen LogP contribution in [0, 0.1) is 11.3 Å². The minimum absolute atomic E-state index is 0.356. The van der Waals surface area contributed by atoms with Gasteiger partial charge in [0.2, 0.25) is 0 Å². The van der Waals surface area contributed by atoms with E-state index in [4.69, 9.17) is 14.7 Å². The van der Waals surface area contributed by atoms with Gasteiger partial charge in [-0.25, -0.2) is 4.79 Å². The van der Waals surface area contributed by atoms with E-state index in [0.29, 0.717) is 17.9 Å². The van der Waals surface area contributed by atoms with E-state index in [1.165, 1.54) is 18.3 Å². The maximum absolute atomic E-state index is 11.8. The molecule has 1 heterocycles. The quantitative estimate of drug-likeness (QED) is 0.778. The Morgan fingerprint density at radius 2 is 2.04 bits per heavy atom. The first kappa shape index (κ1) is 17.5. The summed E-state index contributed by atoms with van der Waals surface area (Å²) in [5.41, 5.74) is 0.500. The highest BCUT2D eigenvalue weighted by Gasteiger charge is 2.17. The van der Waals surface area contributed by atoms with E-state index in [9.17, 15) is 9.59 Å². The molecule has 0 aliphatic carbocycles. The molecule has 0 bridgehead atoms. The Morgan fingerprint density at radius 1 is 1.29 bits per heavy atom. The second-order valence-electron chi connectivity index (χ2n) is 4.86. The third-order valence-corrected chi connectivity index (χ3v) is 3.89. The number of hydrogen-bond acceptors (Lipinski definition) is 6. The lowest BCUT2D eigenvalue weighted by Gasteiger charge is -2.14. The number of carbonyl (C=O) groups is 2. The summed E-state index contributed by atoms with van der Waals surface area (Å²) in [5.74, 6) is -0.562. The van der Waals surface area contributed by atoms with Crippen LogP contribution in [0.3, 0.4) is 0 Å². The second kappa shape index (κ2) is 8.70. The molecule has 2 aromatic rings. The maximum Gasteiger partial charge on any atom is 0.347 e. The lowest BCUT2D eigenvalue weighted by Crippen LogP contribution is -2.32. The van der Waals surface area contributed by atoms with E-state index < -0.39 is 12.1 Å². The molecule has 124 valence electrons. The Balaban J connectivity index is 1.72. The van der Waals surface area contributed by atoms with E-state index in [0.717, 1.165) is 4.88 Å².